The van der Waals surface area contributed by atoms with Crippen LogP contribution in [0, 0.1) is 5.92 Å². The Kier molecular flexibility index (Phi) is 6.48. The van der Waals surface area contributed by atoms with Crippen molar-refractivity contribution in [3.8, 4) is 0 Å². The molecule has 1 rings (SSSR count). The zero-order chi connectivity index (χ0) is 14.4. The van der Waals surface area contributed by atoms with Crippen LogP contribution in [0.4, 0.5) is 4.79 Å². The first-order chi connectivity index (χ1) is 8.95. The van der Waals surface area contributed by atoms with E-state index in [0.29, 0.717) is 18.2 Å². The summed E-state index contributed by atoms with van der Waals surface area (Å²) in [7, 11) is 0. The molecule has 0 aromatic heterocycles. The largest absolute Gasteiger partial charge is 0.480 e. The number of carboxylic acid groups (broad SMARTS) is 1. The number of hydrogen-bond donors (Lipinski definition) is 2. The molecule has 0 radical (unpaired) electrons. The van der Waals surface area contributed by atoms with Crippen molar-refractivity contribution in [3.05, 3.63) is 0 Å². The molecule has 5 nitrogen and oxygen atoms in total. The molecule has 0 aromatic carbocycles. The predicted molar refractivity (Wildman–Crippen MR) is 77.5 cm³/mol. The number of nitrogens with one attached hydrogen (secondary N) is 1. The number of rotatable bonds is 5. The number of carbonyl (C=O) groups excluding carboxylic acids is 1. The Morgan fingerprint density at radius 3 is 2.74 bits per heavy atom. The molecular formula is C13H24N2O3S. The number of thioether (sulfide) groups is 1. The molecule has 1 heterocycles. The highest BCUT2D eigenvalue weighted by molar-refractivity contribution is 7.99. The van der Waals surface area contributed by atoms with Gasteiger partial charge in [0.25, 0.3) is 0 Å². The third kappa shape index (κ3) is 4.93. The van der Waals surface area contributed by atoms with Crippen molar-refractivity contribution in [2.45, 2.75) is 45.7 Å². The van der Waals surface area contributed by atoms with Crippen LogP contribution in [0.5, 0.6) is 0 Å². The molecule has 0 saturated carbocycles. The van der Waals surface area contributed by atoms with Gasteiger partial charge in [-0.05, 0) is 19.3 Å². The van der Waals surface area contributed by atoms with Crippen LogP contribution < -0.4 is 5.32 Å². The van der Waals surface area contributed by atoms with Crippen LogP contribution in [0.3, 0.4) is 0 Å². The third-order valence-corrected chi connectivity index (χ3v) is 4.52. The van der Waals surface area contributed by atoms with Gasteiger partial charge >= 0.3 is 12.0 Å². The van der Waals surface area contributed by atoms with Crippen molar-refractivity contribution >= 4 is 23.8 Å². The molecule has 1 aliphatic heterocycles. The highest BCUT2D eigenvalue weighted by Gasteiger charge is 2.32. The van der Waals surface area contributed by atoms with Gasteiger partial charge in [0.1, 0.15) is 6.04 Å². The fraction of sp³-hybridized carbons (Fsp3) is 0.846. The Bertz CT molecular complexity index is 325. The van der Waals surface area contributed by atoms with E-state index >= 15 is 0 Å². The molecule has 1 aliphatic rings. The highest BCUT2D eigenvalue weighted by atomic mass is 32.2. The fourth-order valence-corrected chi connectivity index (χ4v) is 3.21. The van der Waals surface area contributed by atoms with Crippen LogP contribution in [0.15, 0.2) is 0 Å². The monoisotopic (exact) mass is 288 g/mol. The van der Waals surface area contributed by atoms with Crippen LogP contribution in [0.2, 0.25) is 0 Å². The standard InChI is InChI=1S/C13H24N2O3S/c1-4-9(2)7-10(3)14-13(18)15-5-6-19-8-11(15)12(16)17/h9-11H,4-8H2,1-3H3,(H,14,18)(H,16,17). The van der Waals surface area contributed by atoms with Gasteiger partial charge in [0.15, 0.2) is 0 Å². The van der Waals surface area contributed by atoms with Crippen molar-refractivity contribution < 1.29 is 14.7 Å². The van der Waals surface area contributed by atoms with E-state index in [4.69, 9.17) is 5.11 Å². The van der Waals surface area contributed by atoms with E-state index in [1.807, 2.05) is 6.92 Å². The SMILES string of the molecule is CCC(C)CC(C)NC(=O)N1CCSCC1C(=O)O. The maximum atomic E-state index is 12.1. The Labute approximate surface area is 119 Å². The number of carbonyl (C=O) groups is 2. The number of hydrogen-bond acceptors (Lipinski definition) is 3. The first-order valence-corrected chi connectivity index (χ1v) is 7.98. The van der Waals surface area contributed by atoms with Crippen LogP contribution in [-0.2, 0) is 4.79 Å². The molecule has 0 spiro atoms. The summed E-state index contributed by atoms with van der Waals surface area (Å²) in [6, 6.07) is -0.871. The van der Waals surface area contributed by atoms with Gasteiger partial charge in [-0.2, -0.15) is 11.8 Å². The summed E-state index contributed by atoms with van der Waals surface area (Å²) < 4.78 is 0. The molecule has 1 fully saturated rings. The summed E-state index contributed by atoms with van der Waals surface area (Å²) in [4.78, 5) is 24.7. The van der Waals surface area contributed by atoms with Gasteiger partial charge in [0, 0.05) is 24.1 Å². The zero-order valence-electron chi connectivity index (χ0n) is 11.9. The van der Waals surface area contributed by atoms with E-state index < -0.39 is 12.0 Å². The second-order valence-electron chi connectivity index (χ2n) is 5.22. The van der Waals surface area contributed by atoms with E-state index in [9.17, 15) is 9.59 Å². The molecule has 3 atom stereocenters. The minimum Gasteiger partial charge on any atom is -0.480 e. The van der Waals surface area contributed by atoms with Gasteiger partial charge in [-0.25, -0.2) is 9.59 Å². The maximum Gasteiger partial charge on any atom is 0.327 e. The van der Waals surface area contributed by atoms with E-state index in [1.54, 1.807) is 11.8 Å². The molecule has 6 heteroatoms. The van der Waals surface area contributed by atoms with Gasteiger partial charge in [-0.3, -0.25) is 0 Å². The Balaban J connectivity index is 2.53. The van der Waals surface area contributed by atoms with E-state index in [-0.39, 0.29) is 12.1 Å². The predicted octanol–water partition coefficient (Wildman–Crippen LogP) is 2.02. The topological polar surface area (TPSA) is 69.6 Å². The molecule has 0 aromatic rings. The van der Waals surface area contributed by atoms with Crippen LogP contribution in [-0.4, -0.2) is 52.1 Å². The summed E-state index contributed by atoms with van der Waals surface area (Å²) in [5.41, 5.74) is 0. The maximum absolute atomic E-state index is 12.1. The summed E-state index contributed by atoms with van der Waals surface area (Å²) >= 11 is 1.58. The average molecular weight is 288 g/mol. The lowest BCUT2D eigenvalue weighted by Gasteiger charge is -2.33. The van der Waals surface area contributed by atoms with Gasteiger partial charge in [0.05, 0.1) is 0 Å². The van der Waals surface area contributed by atoms with Crippen molar-refractivity contribution in [1.82, 2.24) is 10.2 Å². The number of amides is 2. The van der Waals surface area contributed by atoms with Crippen molar-refractivity contribution in [2.24, 2.45) is 5.92 Å². The third-order valence-electron chi connectivity index (χ3n) is 3.50. The molecular weight excluding hydrogens is 264 g/mol. The number of urea groups is 1. The molecule has 2 amide bonds. The second kappa shape index (κ2) is 7.62. The van der Waals surface area contributed by atoms with Gasteiger partial charge < -0.3 is 15.3 Å². The van der Waals surface area contributed by atoms with Crippen LogP contribution in [0.25, 0.3) is 0 Å². The van der Waals surface area contributed by atoms with Gasteiger partial charge in [-0.1, -0.05) is 20.3 Å². The number of nitrogens with zero attached hydrogens (tertiary/aromatic N) is 1. The van der Waals surface area contributed by atoms with Gasteiger partial charge in [0.2, 0.25) is 0 Å². The minimum atomic E-state index is -0.920. The first-order valence-electron chi connectivity index (χ1n) is 6.83. The molecule has 0 aliphatic carbocycles. The first kappa shape index (κ1) is 16.1. The number of aliphatic carboxylic acids is 1. The van der Waals surface area contributed by atoms with Gasteiger partial charge in [-0.15, -0.1) is 0 Å². The van der Waals surface area contributed by atoms with Crippen molar-refractivity contribution in [3.63, 3.8) is 0 Å². The fourth-order valence-electron chi connectivity index (χ4n) is 2.17. The molecule has 0 bridgehead atoms. The van der Waals surface area contributed by atoms with E-state index in [0.717, 1.165) is 18.6 Å². The normalized spacial score (nSPS) is 22.7. The van der Waals surface area contributed by atoms with Crippen molar-refractivity contribution in [1.29, 1.82) is 0 Å². The Morgan fingerprint density at radius 1 is 1.47 bits per heavy atom. The zero-order valence-corrected chi connectivity index (χ0v) is 12.7. The van der Waals surface area contributed by atoms with E-state index in [2.05, 4.69) is 19.2 Å². The smallest absolute Gasteiger partial charge is 0.327 e. The summed E-state index contributed by atoms with van der Waals surface area (Å²) in [5, 5.41) is 12.1. The van der Waals surface area contributed by atoms with E-state index in [1.165, 1.54) is 4.90 Å². The molecule has 2 N–H and O–H groups in total. The average Bonchev–Trinajstić information content (AvgIpc) is 2.38. The molecule has 1 saturated heterocycles. The minimum absolute atomic E-state index is 0.0754. The van der Waals surface area contributed by atoms with Crippen molar-refractivity contribution in [2.75, 3.05) is 18.1 Å². The second-order valence-corrected chi connectivity index (χ2v) is 6.37. The lowest BCUT2D eigenvalue weighted by molar-refractivity contribution is -0.141. The van der Waals surface area contributed by atoms with Crippen LogP contribution >= 0.6 is 11.8 Å². The lowest BCUT2D eigenvalue weighted by Crippen LogP contribution is -2.55. The quantitative estimate of drug-likeness (QED) is 0.812. The summed E-state index contributed by atoms with van der Waals surface area (Å²) in [6.07, 6.45) is 2.00. The lowest BCUT2D eigenvalue weighted by atomic mass is 10.0. The highest BCUT2D eigenvalue weighted by Crippen LogP contribution is 2.17. The summed E-state index contributed by atoms with van der Waals surface area (Å²) in [6.45, 7) is 6.75. The number of carboxylic acids is 1. The molecule has 19 heavy (non-hydrogen) atoms. The van der Waals surface area contributed by atoms with Crippen LogP contribution in [0.1, 0.15) is 33.6 Å². The Morgan fingerprint density at radius 2 is 2.16 bits per heavy atom. The molecule has 3 unspecified atom stereocenters. The Hall–Kier alpha value is -0.910. The molecule has 110 valence electrons. The summed E-state index contributed by atoms with van der Waals surface area (Å²) in [5.74, 6) is 0.916.